The molecule has 8 nitrogen and oxygen atoms in total. The molecule has 2 heterocycles. The molecule has 0 aliphatic carbocycles. The summed E-state index contributed by atoms with van der Waals surface area (Å²) in [6, 6.07) is 0. The summed E-state index contributed by atoms with van der Waals surface area (Å²) in [7, 11) is 0. The van der Waals surface area contributed by atoms with Crippen LogP contribution in [0.1, 0.15) is 13.8 Å². The highest BCUT2D eigenvalue weighted by Crippen LogP contribution is 2.24. The Kier molecular flexibility index (Phi) is 2.38. The molecule has 0 fully saturated rings. The number of carbonyl (C=O) groups is 1. The van der Waals surface area contributed by atoms with Crippen LogP contribution in [0.25, 0.3) is 10.7 Å². The van der Waals surface area contributed by atoms with Crippen LogP contribution < -0.4 is 0 Å². The van der Waals surface area contributed by atoms with Crippen LogP contribution in [0.3, 0.4) is 0 Å². The maximum Gasteiger partial charge on any atom is 0.331 e. The molecule has 0 radical (unpaired) electrons. The first-order valence-corrected chi connectivity index (χ1v) is 5.11. The average Bonchev–Trinajstić information content (AvgIpc) is 2.88. The molecule has 0 atom stereocenters. The van der Waals surface area contributed by atoms with Gasteiger partial charge in [-0.15, -0.1) is 10.2 Å². The SMILES string of the molecule is CC(C)(C(=O)O)n1nnnc1-c1cnns1. The molecule has 0 amide bonds. The number of rotatable bonds is 3. The minimum atomic E-state index is -1.22. The number of aliphatic carboxylic acids is 1. The number of aromatic nitrogens is 6. The highest BCUT2D eigenvalue weighted by atomic mass is 32.1. The first kappa shape index (κ1) is 10.6. The van der Waals surface area contributed by atoms with E-state index in [1.807, 2.05) is 0 Å². The highest BCUT2D eigenvalue weighted by molar-refractivity contribution is 7.09. The molecular formula is C7H8N6O2S. The summed E-state index contributed by atoms with van der Waals surface area (Å²) < 4.78 is 4.92. The third-order valence-corrected chi connectivity index (χ3v) is 2.76. The van der Waals surface area contributed by atoms with Crippen molar-refractivity contribution < 1.29 is 9.90 Å². The van der Waals surface area contributed by atoms with E-state index in [1.54, 1.807) is 0 Å². The Balaban J connectivity index is 2.52. The molecule has 16 heavy (non-hydrogen) atoms. The molecule has 0 bridgehead atoms. The largest absolute Gasteiger partial charge is 0.479 e. The maximum atomic E-state index is 11.1. The van der Waals surface area contributed by atoms with Crippen molar-refractivity contribution in [3.05, 3.63) is 6.20 Å². The number of hydrogen-bond donors (Lipinski definition) is 1. The Morgan fingerprint density at radius 2 is 2.31 bits per heavy atom. The second-order valence-corrected chi connectivity index (χ2v) is 4.35. The number of hydrogen-bond acceptors (Lipinski definition) is 7. The van der Waals surface area contributed by atoms with Gasteiger partial charge in [0.25, 0.3) is 0 Å². The van der Waals surface area contributed by atoms with Crippen LogP contribution in [0.5, 0.6) is 0 Å². The number of carboxylic acid groups (broad SMARTS) is 1. The van der Waals surface area contributed by atoms with Crippen LogP contribution in [0.15, 0.2) is 6.20 Å². The maximum absolute atomic E-state index is 11.1. The van der Waals surface area contributed by atoms with Crippen LogP contribution in [0.4, 0.5) is 0 Å². The average molecular weight is 240 g/mol. The van der Waals surface area contributed by atoms with E-state index in [4.69, 9.17) is 5.11 Å². The Labute approximate surface area is 94.1 Å². The second kappa shape index (κ2) is 3.59. The van der Waals surface area contributed by atoms with Crippen LogP contribution in [0.2, 0.25) is 0 Å². The molecule has 9 heteroatoms. The molecule has 2 aromatic heterocycles. The number of carboxylic acids is 1. The first-order chi connectivity index (χ1) is 7.53. The van der Waals surface area contributed by atoms with Crippen molar-refractivity contribution in [3.63, 3.8) is 0 Å². The standard InChI is InChI=1S/C7H8N6O2S/c1-7(2,6(14)15)13-5(9-10-11-13)4-3-8-12-16-4/h3H,1-2H3,(H,14,15). The van der Waals surface area contributed by atoms with Gasteiger partial charge >= 0.3 is 5.97 Å². The topological polar surface area (TPSA) is 107 Å². The zero-order chi connectivity index (χ0) is 11.8. The lowest BCUT2D eigenvalue weighted by Gasteiger charge is -2.19. The third kappa shape index (κ3) is 1.54. The van der Waals surface area contributed by atoms with Crippen LogP contribution in [-0.2, 0) is 10.3 Å². The minimum Gasteiger partial charge on any atom is -0.479 e. The molecule has 0 unspecified atom stereocenters. The van der Waals surface area contributed by atoms with Gasteiger partial charge in [0.1, 0.15) is 4.88 Å². The predicted molar refractivity (Wildman–Crippen MR) is 53.7 cm³/mol. The van der Waals surface area contributed by atoms with E-state index >= 15 is 0 Å². The zero-order valence-corrected chi connectivity index (χ0v) is 9.34. The molecule has 0 aliphatic rings. The summed E-state index contributed by atoms with van der Waals surface area (Å²) in [5, 5.41) is 23.7. The Morgan fingerprint density at radius 3 is 2.88 bits per heavy atom. The van der Waals surface area contributed by atoms with E-state index in [2.05, 4.69) is 25.1 Å². The quantitative estimate of drug-likeness (QED) is 0.805. The van der Waals surface area contributed by atoms with Crippen molar-refractivity contribution in [2.24, 2.45) is 0 Å². The van der Waals surface area contributed by atoms with Gasteiger partial charge in [-0.25, -0.2) is 9.48 Å². The Bertz CT molecular complexity index is 505. The molecule has 0 spiro atoms. The summed E-state index contributed by atoms with van der Waals surface area (Å²) in [6.07, 6.45) is 1.49. The monoisotopic (exact) mass is 240 g/mol. The van der Waals surface area contributed by atoms with Gasteiger partial charge in [-0.1, -0.05) is 4.49 Å². The molecule has 84 valence electrons. The molecule has 2 rings (SSSR count). The predicted octanol–water partition coefficient (Wildman–Crippen LogP) is 0.0113. The Morgan fingerprint density at radius 1 is 1.56 bits per heavy atom. The lowest BCUT2D eigenvalue weighted by molar-refractivity contribution is -0.146. The van der Waals surface area contributed by atoms with Crippen molar-refractivity contribution in [1.29, 1.82) is 0 Å². The van der Waals surface area contributed by atoms with E-state index in [0.29, 0.717) is 10.7 Å². The summed E-state index contributed by atoms with van der Waals surface area (Å²) in [5.41, 5.74) is -1.22. The van der Waals surface area contributed by atoms with Crippen LogP contribution in [0, 0.1) is 0 Å². The van der Waals surface area contributed by atoms with E-state index in [9.17, 15) is 4.79 Å². The molecule has 0 saturated carbocycles. The molecule has 0 aliphatic heterocycles. The fourth-order valence-corrected chi connectivity index (χ4v) is 1.56. The highest BCUT2D eigenvalue weighted by Gasteiger charge is 2.34. The first-order valence-electron chi connectivity index (χ1n) is 4.33. The van der Waals surface area contributed by atoms with Crippen molar-refractivity contribution in [2.45, 2.75) is 19.4 Å². The van der Waals surface area contributed by atoms with Gasteiger partial charge in [0.05, 0.1) is 6.20 Å². The summed E-state index contributed by atoms with van der Waals surface area (Å²) >= 11 is 1.11. The fraction of sp³-hybridized carbons (Fsp3) is 0.429. The van der Waals surface area contributed by atoms with Gasteiger partial charge < -0.3 is 5.11 Å². The van der Waals surface area contributed by atoms with Crippen molar-refractivity contribution in [2.75, 3.05) is 0 Å². The molecule has 0 saturated heterocycles. The van der Waals surface area contributed by atoms with Gasteiger partial charge in [0.2, 0.25) is 0 Å². The van der Waals surface area contributed by atoms with Crippen LogP contribution >= 0.6 is 11.5 Å². The summed E-state index contributed by atoms with van der Waals surface area (Å²) in [6.45, 7) is 3.04. The van der Waals surface area contributed by atoms with E-state index in [-0.39, 0.29) is 0 Å². The second-order valence-electron chi connectivity index (χ2n) is 3.56. The Hall–Kier alpha value is -1.90. The van der Waals surface area contributed by atoms with E-state index < -0.39 is 11.5 Å². The molecule has 2 aromatic rings. The van der Waals surface area contributed by atoms with Crippen molar-refractivity contribution in [3.8, 4) is 10.7 Å². The van der Waals surface area contributed by atoms with Crippen molar-refractivity contribution >= 4 is 17.5 Å². The van der Waals surface area contributed by atoms with Gasteiger partial charge in [-0.3, -0.25) is 0 Å². The zero-order valence-electron chi connectivity index (χ0n) is 8.52. The van der Waals surface area contributed by atoms with Crippen molar-refractivity contribution in [1.82, 2.24) is 29.8 Å². The smallest absolute Gasteiger partial charge is 0.331 e. The minimum absolute atomic E-state index is 0.349. The lowest BCUT2D eigenvalue weighted by Crippen LogP contribution is -2.37. The lowest BCUT2D eigenvalue weighted by atomic mass is 10.1. The number of tetrazole rings is 1. The molecule has 1 N–H and O–H groups in total. The van der Waals surface area contributed by atoms with Crippen LogP contribution in [-0.4, -0.2) is 40.9 Å². The van der Waals surface area contributed by atoms with E-state index in [1.165, 1.54) is 24.7 Å². The third-order valence-electron chi connectivity index (χ3n) is 2.10. The van der Waals surface area contributed by atoms with E-state index in [0.717, 1.165) is 11.5 Å². The van der Waals surface area contributed by atoms with Gasteiger partial charge in [-0.2, -0.15) is 0 Å². The fourth-order valence-electron chi connectivity index (χ4n) is 1.07. The molecular weight excluding hydrogens is 232 g/mol. The van der Waals surface area contributed by atoms with Gasteiger partial charge in [0.15, 0.2) is 11.4 Å². The molecule has 0 aromatic carbocycles. The summed E-state index contributed by atoms with van der Waals surface area (Å²) in [4.78, 5) is 11.7. The van der Waals surface area contributed by atoms with Gasteiger partial charge in [0, 0.05) is 0 Å². The summed E-state index contributed by atoms with van der Waals surface area (Å²) in [5.74, 6) is -0.666. The normalized spacial score (nSPS) is 11.6. The van der Waals surface area contributed by atoms with Gasteiger partial charge in [-0.05, 0) is 35.8 Å². The number of nitrogens with zero attached hydrogens (tertiary/aromatic N) is 6.